The number of carbonyl (C=O) groups is 1. The van der Waals surface area contributed by atoms with Gasteiger partial charge in [-0.1, -0.05) is 13.3 Å². The van der Waals surface area contributed by atoms with Crippen molar-refractivity contribution in [3.05, 3.63) is 66.2 Å². The Hall–Kier alpha value is -3.62. The molecule has 1 heterocycles. The van der Waals surface area contributed by atoms with E-state index in [1.54, 1.807) is 36.8 Å². The Morgan fingerprint density at radius 2 is 1.90 bits per heavy atom. The Morgan fingerprint density at radius 1 is 1.16 bits per heavy atom. The molecule has 3 aromatic rings. The van der Waals surface area contributed by atoms with E-state index in [2.05, 4.69) is 14.7 Å². The van der Waals surface area contributed by atoms with Crippen LogP contribution in [0.2, 0.25) is 0 Å². The average molecular weight is 431 g/mol. The lowest BCUT2D eigenvalue weighted by Crippen LogP contribution is -2.17. The summed E-state index contributed by atoms with van der Waals surface area (Å²) in [7, 11) is 0. The smallest absolute Gasteiger partial charge is 0.387 e. The Kier molecular flexibility index (Phi) is 7.42. The van der Waals surface area contributed by atoms with Crippen molar-refractivity contribution in [1.82, 2.24) is 9.97 Å². The molecule has 0 aliphatic heterocycles. The summed E-state index contributed by atoms with van der Waals surface area (Å²) >= 11 is 0. The maximum absolute atomic E-state index is 12.8. The predicted octanol–water partition coefficient (Wildman–Crippen LogP) is 5.23. The fourth-order valence-electron chi connectivity index (χ4n) is 2.95. The van der Waals surface area contributed by atoms with E-state index in [4.69, 9.17) is 9.84 Å². The number of carboxylic acids is 1. The van der Waals surface area contributed by atoms with Crippen molar-refractivity contribution in [2.75, 3.05) is 11.5 Å². The molecule has 1 aromatic heterocycles. The maximum Gasteiger partial charge on any atom is 0.387 e. The number of ether oxygens (including phenoxy) is 2. The van der Waals surface area contributed by atoms with Crippen molar-refractivity contribution >= 4 is 17.3 Å². The number of nitrogens with one attached hydrogen (secondary N) is 1. The highest BCUT2D eigenvalue weighted by atomic mass is 19.3. The molecule has 0 aliphatic rings. The van der Waals surface area contributed by atoms with Gasteiger partial charge >= 0.3 is 12.6 Å². The average Bonchev–Trinajstić information content (AvgIpc) is 3.26. The van der Waals surface area contributed by atoms with E-state index in [1.165, 1.54) is 18.2 Å². The molecule has 2 aromatic carbocycles. The van der Waals surface area contributed by atoms with Gasteiger partial charge in [-0.05, 0) is 42.8 Å². The molecule has 0 atom stereocenters. The third kappa shape index (κ3) is 5.94. The number of carboxylic acid groups (broad SMARTS) is 1. The summed E-state index contributed by atoms with van der Waals surface area (Å²) in [4.78, 5) is 20.1. The zero-order valence-corrected chi connectivity index (χ0v) is 16.9. The molecule has 7 nitrogen and oxygen atoms in total. The monoisotopic (exact) mass is 431 g/mol. The number of rotatable bonds is 11. The molecular weight excluding hydrogens is 408 g/mol. The van der Waals surface area contributed by atoms with Crippen LogP contribution in [-0.4, -0.2) is 34.3 Å². The standard InChI is InChI=1S/C22H23F2N3O4/c1-2-3-10-30-20-11-18(8-9-19(20)31-22(23)24)27(13-16-12-25-14-26-16)17-6-4-15(5-7-17)21(28)29/h4-9,11-12,14,22H,2-3,10,13H2,1H3,(H,25,26)(H,28,29). The third-order valence-corrected chi connectivity index (χ3v) is 4.52. The van der Waals surface area contributed by atoms with Gasteiger partial charge in [0.05, 0.1) is 30.7 Å². The van der Waals surface area contributed by atoms with Crippen molar-refractivity contribution in [3.63, 3.8) is 0 Å². The molecule has 0 unspecified atom stereocenters. The van der Waals surface area contributed by atoms with Crippen molar-refractivity contribution in [1.29, 1.82) is 0 Å². The van der Waals surface area contributed by atoms with Gasteiger partial charge in [0.1, 0.15) is 0 Å². The second kappa shape index (κ2) is 10.4. The minimum Gasteiger partial charge on any atom is -0.490 e. The minimum absolute atomic E-state index is 0.0439. The summed E-state index contributed by atoms with van der Waals surface area (Å²) in [5.74, 6) is -0.854. The van der Waals surface area contributed by atoms with E-state index in [1.807, 2.05) is 11.8 Å². The van der Waals surface area contributed by atoms with E-state index < -0.39 is 12.6 Å². The zero-order valence-electron chi connectivity index (χ0n) is 16.9. The van der Waals surface area contributed by atoms with Crippen molar-refractivity contribution in [3.8, 4) is 11.5 Å². The lowest BCUT2D eigenvalue weighted by Gasteiger charge is -2.26. The first-order valence-electron chi connectivity index (χ1n) is 9.77. The number of halogens is 2. The van der Waals surface area contributed by atoms with E-state index in [-0.39, 0.29) is 17.1 Å². The number of aromatic amines is 1. The lowest BCUT2D eigenvalue weighted by atomic mass is 10.1. The van der Waals surface area contributed by atoms with Crippen LogP contribution in [0.1, 0.15) is 35.8 Å². The number of imidazole rings is 1. The Morgan fingerprint density at radius 3 is 2.52 bits per heavy atom. The summed E-state index contributed by atoms with van der Waals surface area (Å²) in [6, 6.07) is 11.1. The van der Waals surface area contributed by atoms with Crippen LogP contribution in [0.3, 0.4) is 0 Å². The summed E-state index contributed by atoms with van der Waals surface area (Å²) in [5, 5.41) is 9.16. The summed E-state index contributed by atoms with van der Waals surface area (Å²) < 4.78 is 36.0. The molecule has 0 spiro atoms. The van der Waals surface area contributed by atoms with Crippen molar-refractivity contribution in [2.45, 2.75) is 32.9 Å². The van der Waals surface area contributed by atoms with Crippen LogP contribution >= 0.6 is 0 Å². The first-order valence-corrected chi connectivity index (χ1v) is 9.77. The zero-order chi connectivity index (χ0) is 22.2. The maximum atomic E-state index is 12.8. The number of anilines is 2. The Balaban J connectivity index is 1.98. The van der Waals surface area contributed by atoms with Crippen molar-refractivity contribution < 1.29 is 28.2 Å². The summed E-state index contributed by atoms with van der Waals surface area (Å²) in [6.45, 7) is -0.212. The highest BCUT2D eigenvalue weighted by Crippen LogP contribution is 2.36. The quantitative estimate of drug-likeness (QED) is 0.405. The van der Waals surface area contributed by atoms with Gasteiger partial charge in [-0.25, -0.2) is 9.78 Å². The van der Waals surface area contributed by atoms with E-state index >= 15 is 0 Å². The molecule has 0 aliphatic carbocycles. The lowest BCUT2D eigenvalue weighted by molar-refractivity contribution is -0.0515. The summed E-state index contributed by atoms with van der Waals surface area (Å²) in [5.41, 5.74) is 2.34. The number of hydrogen-bond donors (Lipinski definition) is 2. The van der Waals surface area contributed by atoms with Gasteiger partial charge in [0.2, 0.25) is 0 Å². The van der Waals surface area contributed by atoms with Crippen LogP contribution in [0.15, 0.2) is 55.0 Å². The second-order valence-electron chi connectivity index (χ2n) is 6.73. The number of nitrogens with zero attached hydrogens (tertiary/aromatic N) is 2. The first-order chi connectivity index (χ1) is 15.0. The van der Waals surface area contributed by atoms with Crippen molar-refractivity contribution in [2.24, 2.45) is 0 Å². The van der Waals surface area contributed by atoms with Gasteiger partial charge in [0.15, 0.2) is 11.5 Å². The Bertz CT molecular complexity index is 979. The van der Waals surface area contributed by atoms with E-state index in [9.17, 15) is 13.6 Å². The van der Waals surface area contributed by atoms with E-state index in [0.717, 1.165) is 18.5 Å². The number of alkyl halides is 2. The molecule has 0 amide bonds. The predicted molar refractivity (Wildman–Crippen MR) is 111 cm³/mol. The van der Waals surface area contributed by atoms with Gasteiger partial charge < -0.3 is 24.5 Å². The molecule has 0 saturated carbocycles. The highest BCUT2D eigenvalue weighted by molar-refractivity contribution is 5.88. The molecular formula is C22H23F2N3O4. The molecule has 9 heteroatoms. The molecule has 0 saturated heterocycles. The largest absolute Gasteiger partial charge is 0.490 e. The van der Waals surface area contributed by atoms with Gasteiger partial charge in [-0.3, -0.25) is 0 Å². The first kappa shape index (κ1) is 22.1. The Labute approximate surface area is 178 Å². The SMILES string of the molecule is CCCCOc1cc(N(Cc2cnc[nH]2)c2ccc(C(=O)O)cc2)ccc1OC(F)F. The number of H-pyrrole nitrogens is 1. The third-order valence-electron chi connectivity index (χ3n) is 4.52. The second-order valence-corrected chi connectivity index (χ2v) is 6.73. The fraction of sp³-hybridized carbons (Fsp3) is 0.273. The molecule has 31 heavy (non-hydrogen) atoms. The molecule has 3 rings (SSSR count). The van der Waals surface area contributed by atoms with Crippen LogP contribution in [0.4, 0.5) is 20.2 Å². The molecule has 2 N–H and O–H groups in total. The van der Waals surface area contributed by atoms with Crippen LogP contribution in [0.25, 0.3) is 0 Å². The number of aromatic carboxylic acids is 1. The fourth-order valence-corrected chi connectivity index (χ4v) is 2.95. The van der Waals surface area contributed by atoms with Crippen LogP contribution in [0, 0.1) is 0 Å². The minimum atomic E-state index is -2.97. The van der Waals surface area contributed by atoms with Crippen LogP contribution < -0.4 is 14.4 Å². The molecule has 0 fully saturated rings. The summed E-state index contributed by atoms with van der Waals surface area (Å²) in [6.07, 6.45) is 4.89. The van der Waals surface area contributed by atoms with Gasteiger partial charge in [-0.2, -0.15) is 8.78 Å². The van der Waals surface area contributed by atoms with Gasteiger partial charge in [0.25, 0.3) is 0 Å². The van der Waals surface area contributed by atoms with Crippen LogP contribution in [0.5, 0.6) is 11.5 Å². The molecule has 164 valence electrons. The number of hydrogen-bond acceptors (Lipinski definition) is 5. The number of unbranched alkanes of at least 4 members (excludes halogenated alkanes) is 1. The number of benzene rings is 2. The highest BCUT2D eigenvalue weighted by Gasteiger charge is 2.17. The molecule has 0 radical (unpaired) electrons. The molecule has 0 bridgehead atoms. The van der Waals surface area contributed by atoms with Crippen LogP contribution in [-0.2, 0) is 6.54 Å². The normalized spacial score (nSPS) is 10.8. The topological polar surface area (TPSA) is 87.7 Å². The van der Waals surface area contributed by atoms with Gasteiger partial charge in [-0.15, -0.1) is 0 Å². The number of aromatic nitrogens is 2. The van der Waals surface area contributed by atoms with E-state index in [0.29, 0.717) is 24.5 Å². The van der Waals surface area contributed by atoms with Gasteiger partial charge in [0, 0.05) is 23.6 Å².